The summed E-state index contributed by atoms with van der Waals surface area (Å²) < 4.78 is 23.7. The fourth-order valence-electron chi connectivity index (χ4n) is 6.32. The quantitative estimate of drug-likeness (QED) is 0.150. The number of hydrogen-bond donors (Lipinski definition) is 0. The van der Waals surface area contributed by atoms with E-state index < -0.39 is 41.0 Å². The van der Waals surface area contributed by atoms with Crippen molar-refractivity contribution in [2.45, 2.75) is 57.8 Å². The maximum Gasteiger partial charge on any atom is 0.410 e. The van der Waals surface area contributed by atoms with Gasteiger partial charge in [-0.05, 0) is 61.4 Å². The largest absolute Gasteiger partial charge is 0.482 e. The first kappa shape index (κ1) is 34.9. The van der Waals surface area contributed by atoms with Gasteiger partial charge in [-0.1, -0.05) is 78.9 Å². The molecule has 0 unspecified atom stereocenters. The minimum atomic E-state index is -0.902. The van der Waals surface area contributed by atoms with Crippen molar-refractivity contribution in [1.82, 2.24) is 9.47 Å². The zero-order valence-corrected chi connectivity index (χ0v) is 28.7. The number of nitrogens with zero attached hydrogens (tertiary/aromatic N) is 2. The van der Waals surface area contributed by atoms with E-state index in [1.54, 1.807) is 32.4 Å². The molecule has 10 nitrogen and oxygen atoms in total. The summed E-state index contributed by atoms with van der Waals surface area (Å²) in [5.74, 6) is -2.57. The van der Waals surface area contributed by atoms with Gasteiger partial charge in [0.1, 0.15) is 17.8 Å². The van der Waals surface area contributed by atoms with E-state index in [0.717, 1.165) is 40.7 Å². The molecule has 1 aliphatic carbocycles. The normalized spacial score (nSPS) is 13.3. The number of esters is 2. The highest BCUT2D eigenvalue weighted by Crippen LogP contribution is 2.43. The lowest BCUT2D eigenvalue weighted by Crippen LogP contribution is -2.41. The van der Waals surface area contributed by atoms with Gasteiger partial charge >= 0.3 is 18.0 Å². The molecular weight excluding hydrogens is 624 g/mol. The van der Waals surface area contributed by atoms with Crippen molar-refractivity contribution in [3.8, 4) is 5.75 Å². The molecule has 49 heavy (non-hydrogen) atoms. The lowest BCUT2D eigenvalue weighted by atomic mass is 9.81. The van der Waals surface area contributed by atoms with Crippen LogP contribution in [0.4, 0.5) is 4.79 Å². The van der Waals surface area contributed by atoms with Gasteiger partial charge in [0.2, 0.25) is 5.43 Å². The number of methoxy groups -OCH3 is 2. The van der Waals surface area contributed by atoms with Gasteiger partial charge < -0.3 is 28.4 Å². The molecule has 1 aliphatic rings. The molecule has 1 amide bonds. The van der Waals surface area contributed by atoms with Gasteiger partial charge in [0.05, 0.1) is 20.3 Å². The van der Waals surface area contributed by atoms with Gasteiger partial charge in [-0.25, -0.2) is 14.4 Å². The lowest BCUT2D eigenvalue weighted by molar-refractivity contribution is 0.0269. The molecule has 10 heteroatoms. The molecule has 5 rings (SSSR count). The van der Waals surface area contributed by atoms with Crippen LogP contribution < -0.4 is 10.2 Å². The van der Waals surface area contributed by atoms with Crippen LogP contribution in [0.5, 0.6) is 5.75 Å². The number of pyridine rings is 1. The molecule has 4 aromatic rings. The molecule has 0 saturated heterocycles. The van der Waals surface area contributed by atoms with Crippen molar-refractivity contribution in [3.05, 3.63) is 134 Å². The number of rotatable bonds is 9. The predicted molar refractivity (Wildman–Crippen MR) is 184 cm³/mol. The third kappa shape index (κ3) is 7.69. The number of hydrogen-bond acceptors (Lipinski definition) is 8. The molecule has 0 saturated carbocycles. The van der Waals surface area contributed by atoms with Gasteiger partial charge in [0.15, 0.2) is 11.4 Å². The molecule has 0 spiro atoms. The summed E-state index contributed by atoms with van der Waals surface area (Å²) in [7, 11) is 4.00. The van der Waals surface area contributed by atoms with Crippen LogP contribution in [0.25, 0.3) is 0 Å². The van der Waals surface area contributed by atoms with Gasteiger partial charge in [-0.2, -0.15) is 0 Å². The van der Waals surface area contributed by atoms with Crippen LogP contribution in [0, 0.1) is 0 Å². The maximum atomic E-state index is 14.0. The van der Waals surface area contributed by atoms with Crippen LogP contribution in [0.2, 0.25) is 0 Å². The first-order valence-electron chi connectivity index (χ1n) is 16.2. The second kappa shape index (κ2) is 14.8. The summed E-state index contributed by atoms with van der Waals surface area (Å²) in [4.78, 5) is 56.0. The summed E-state index contributed by atoms with van der Waals surface area (Å²) >= 11 is 0. The highest BCUT2D eigenvalue weighted by atomic mass is 16.6. The van der Waals surface area contributed by atoms with Gasteiger partial charge in [0.25, 0.3) is 0 Å². The maximum absolute atomic E-state index is 14.0. The Morgan fingerprint density at radius 1 is 0.837 bits per heavy atom. The molecule has 0 fully saturated rings. The SMILES string of the molecule is COC(=O)c1cn([C@@H](CN(C)C(=O)OC(C)(C)C)C2c3ccccc3CCc3ccccc32)c(C(=O)OC)c(OCc2ccccc2)c1=O. The molecule has 0 bridgehead atoms. The standard InChI is InChI=1S/C39H42N2O8/c1-39(2,3)49-38(45)40(4)23-31(32-28-18-12-10-16-26(28)20-21-27-17-11-13-19-29(27)32)41-22-30(36(43)46-5)34(42)35(33(41)37(44)47-6)48-24-25-14-8-7-9-15-25/h7-19,22,31-32H,20-21,23-24H2,1-6H3/t31-/m0/s1. The minimum Gasteiger partial charge on any atom is -0.482 e. The van der Waals surface area contributed by atoms with E-state index in [-0.39, 0.29) is 30.2 Å². The van der Waals surface area contributed by atoms with E-state index in [1.807, 2.05) is 66.7 Å². The third-order valence-corrected chi connectivity index (χ3v) is 8.55. The van der Waals surface area contributed by atoms with Crippen molar-refractivity contribution < 1.29 is 33.3 Å². The molecule has 3 aromatic carbocycles. The number of fused-ring (bicyclic) bond motifs is 2. The average molecular weight is 667 g/mol. The molecule has 1 atom stereocenters. The van der Waals surface area contributed by atoms with E-state index in [4.69, 9.17) is 18.9 Å². The zero-order valence-electron chi connectivity index (χ0n) is 28.7. The Morgan fingerprint density at radius 2 is 1.39 bits per heavy atom. The van der Waals surface area contributed by atoms with Crippen LogP contribution in [-0.4, -0.2) is 60.9 Å². The predicted octanol–water partition coefficient (Wildman–Crippen LogP) is 6.34. The first-order chi connectivity index (χ1) is 23.4. The Balaban J connectivity index is 1.82. The molecule has 1 heterocycles. The van der Waals surface area contributed by atoms with Crippen LogP contribution >= 0.6 is 0 Å². The van der Waals surface area contributed by atoms with Crippen molar-refractivity contribution in [2.75, 3.05) is 27.8 Å². The topological polar surface area (TPSA) is 113 Å². The number of aromatic nitrogens is 1. The fraction of sp³-hybridized carbons (Fsp3) is 0.333. The molecule has 0 radical (unpaired) electrons. The molecule has 0 aliphatic heterocycles. The fourth-order valence-corrected chi connectivity index (χ4v) is 6.32. The molecule has 256 valence electrons. The summed E-state index contributed by atoms with van der Waals surface area (Å²) in [5.41, 5.74) is 2.78. The van der Waals surface area contributed by atoms with E-state index in [2.05, 4.69) is 12.1 Å². The summed E-state index contributed by atoms with van der Waals surface area (Å²) in [6.07, 6.45) is 2.28. The highest BCUT2D eigenvalue weighted by Gasteiger charge is 2.38. The highest BCUT2D eigenvalue weighted by molar-refractivity contribution is 5.94. The average Bonchev–Trinajstić information content (AvgIpc) is 3.26. The monoisotopic (exact) mass is 666 g/mol. The number of carbonyl (C=O) groups is 3. The van der Waals surface area contributed by atoms with E-state index >= 15 is 0 Å². The number of benzene rings is 3. The van der Waals surface area contributed by atoms with Gasteiger partial charge in [-0.3, -0.25) is 4.79 Å². The number of likely N-dealkylation sites (N-methyl/N-ethyl adjacent to an activating group) is 1. The van der Waals surface area contributed by atoms with Crippen LogP contribution in [0.1, 0.15) is 81.4 Å². The van der Waals surface area contributed by atoms with Crippen LogP contribution in [-0.2, 0) is 33.7 Å². The molecule has 1 aromatic heterocycles. The smallest absolute Gasteiger partial charge is 0.410 e. The summed E-state index contributed by atoms with van der Waals surface area (Å²) in [5, 5.41) is 0. The third-order valence-electron chi connectivity index (χ3n) is 8.55. The van der Waals surface area contributed by atoms with E-state index in [1.165, 1.54) is 25.3 Å². The van der Waals surface area contributed by atoms with Crippen LogP contribution in [0.3, 0.4) is 0 Å². The van der Waals surface area contributed by atoms with Gasteiger partial charge in [-0.15, -0.1) is 0 Å². The Bertz CT molecular complexity index is 1850. The minimum absolute atomic E-state index is 0.00779. The van der Waals surface area contributed by atoms with Gasteiger partial charge in [0, 0.05) is 25.7 Å². The molecule has 0 N–H and O–H groups in total. The van der Waals surface area contributed by atoms with Crippen molar-refractivity contribution in [1.29, 1.82) is 0 Å². The first-order valence-corrected chi connectivity index (χ1v) is 16.2. The zero-order chi connectivity index (χ0) is 35.3. The Morgan fingerprint density at radius 3 is 1.94 bits per heavy atom. The Labute approximate surface area is 286 Å². The Kier molecular flexibility index (Phi) is 10.6. The van der Waals surface area contributed by atoms with Crippen LogP contribution in [0.15, 0.2) is 89.9 Å². The van der Waals surface area contributed by atoms with Crippen molar-refractivity contribution in [3.63, 3.8) is 0 Å². The summed E-state index contributed by atoms with van der Waals surface area (Å²) in [6, 6.07) is 24.5. The second-order valence-corrected chi connectivity index (χ2v) is 13.0. The molecular formula is C39H42N2O8. The number of carbonyl (C=O) groups excluding carboxylic acids is 3. The van der Waals surface area contributed by atoms with E-state index in [9.17, 15) is 19.2 Å². The Hall–Kier alpha value is -5.38. The lowest BCUT2D eigenvalue weighted by Gasteiger charge is -2.36. The number of amides is 1. The number of aryl methyl sites for hydroxylation is 2. The van der Waals surface area contributed by atoms with Crippen molar-refractivity contribution in [2.24, 2.45) is 0 Å². The van der Waals surface area contributed by atoms with Crippen molar-refractivity contribution >= 4 is 18.0 Å². The number of ether oxygens (including phenoxy) is 4. The summed E-state index contributed by atoms with van der Waals surface area (Å²) in [6.45, 7) is 5.29. The van der Waals surface area contributed by atoms with E-state index in [0.29, 0.717) is 0 Å². The second-order valence-electron chi connectivity index (χ2n) is 13.0.